The van der Waals surface area contributed by atoms with Gasteiger partial charge in [0.15, 0.2) is 5.13 Å². The van der Waals surface area contributed by atoms with Crippen LogP contribution in [-0.2, 0) is 6.42 Å². The fourth-order valence-corrected chi connectivity index (χ4v) is 2.55. The summed E-state index contributed by atoms with van der Waals surface area (Å²) in [5.41, 5.74) is 8.19. The van der Waals surface area contributed by atoms with Crippen LogP contribution in [0.2, 0.25) is 0 Å². The summed E-state index contributed by atoms with van der Waals surface area (Å²) < 4.78 is 1.15. The fraction of sp³-hybridized carbons (Fsp3) is 0.182. The van der Waals surface area contributed by atoms with Crippen LogP contribution in [0.4, 0.5) is 5.13 Å². The number of aromatic nitrogens is 1. The molecule has 0 aliphatic heterocycles. The Bertz CT molecular complexity index is 479. The topological polar surface area (TPSA) is 38.9 Å². The first-order chi connectivity index (χ1) is 7.16. The number of hydrogen-bond donors (Lipinski definition) is 1. The van der Waals surface area contributed by atoms with E-state index in [1.54, 1.807) is 11.3 Å². The van der Waals surface area contributed by atoms with Crippen LogP contribution in [0.1, 0.15) is 16.0 Å². The zero-order chi connectivity index (χ0) is 10.8. The molecule has 2 N–H and O–H groups in total. The van der Waals surface area contributed by atoms with Crippen LogP contribution in [0, 0.1) is 6.92 Å². The summed E-state index contributed by atoms with van der Waals surface area (Å²) in [6.45, 7) is 2.11. The molecule has 1 aromatic carbocycles. The molecule has 0 saturated heterocycles. The number of hydrogen-bond acceptors (Lipinski definition) is 3. The van der Waals surface area contributed by atoms with Crippen LogP contribution in [0.5, 0.6) is 0 Å². The summed E-state index contributed by atoms with van der Waals surface area (Å²) in [5, 5.41) is 0.637. The van der Waals surface area contributed by atoms with E-state index in [0.717, 1.165) is 10.9 Å². The van der Waals surface area contributed by atoms with Crippen molar-refractivity contribution in [3.8, 4) is 0 Å². The second-order valence-electron chi connectivity index (χ2n) is 3.37. The van der Waals surface area contributed by atoms with Crippen molar-refractivity contribution in [3.63, 3.8) is 0 Å². The molecular weight excluding hydrogens is 272 g/mol. The molecule has 0 atom stereocenters. The summed E-state index contributed by atoms with van der Waals surface area (Å²) in [5.74, 6) is 0. The molecule has 0 unspecified atom stereocenters. The number of benzene rings is 1. The van der Waals surface area contributed by atoms with Crippen LogP contribution < -0.4 is 5.73 Å². The smallest absolute Gasteiger partial charge is 0.180 e. The summed E-state index contributed by atoms with van der Waals surface area (Å²) >= 11 is 5.08. The van der Waals surface area contributed by atoms with E-state index < -0.39 is 0 Å². The first-order valence-electron chi connectivity index (χ1n) is 4.61. The van der Waals surface area contributed by atoms with Crippen LogP contribution in [0.25, 0.3) is 0 Å². The molecule has 2 nitrogen and oxygen atoms in total. The molecule has 0 saturated carbocycles. The Labute approximate surface area is 101 Å². The third kappa shape index (κ3) is 2.38. The Balaban J connectivity index is 2.28. The summed E-state index contributed by atoms with van der Waals surface area (Å²) in [6.07, 6.45) is 2.75. The number of nitrogens with two attached hydrogens (primary N) is 1. The average Bonchev–Trinajstić information content (AvgIpc) is 2.59. The van der Waals surface area contributed by atoms with Gasteiger partial charge in [-0.2, -0.15) is 0 Å². The minimum atomic E-state index is 0.637. The normalized spacial score (nSPS) is 10.5. The van der Waals surface area contributed by atoms with Crippen molar-refractivity contribution in [1.29, 1.82) is 0 Å². The van der Waals surface area contributed by atoms with Crippen molar-refractivity contribution in [2.45, 2.75) is 13.3 Å². The van der Waals surface area contributed by atoms with E-state index in [4.69, 9.17) is 5.73 Å². The van der Waals surface area contributed by atoms with Gasteiger partial charge in [0.05, 0.1) is 0 Å². The van der Waals surface area contributed by atoms with Gasteiger partial charge in [-0.25, -0.2) is 4.98 Å². The maximum Gasteiger partial charge on any atom is 0.180 e. The second-order valence-corrected chi connectivity index (χ2v) is 5.37. The predicted molar refractivity (Wildman–Crippen MR) is 68.2 cm³/mol. The molecular formula is C11H11BrN2S. The minimum Gasteiger partial charge on any atom is -0.375 e. The van der Waals surface area contributed by atoms with Crippen molar-refractivity contribution in [2.75, 3.05) is 5.73 Å². The van der Waals surface area contributed by atoms with Gasteiger partial charge in [-0.1, -0.05) is 28.1 Å². The number of nitrogens with zero attached hydrogens (tertiary/aromatic N) is 1. The number of halogens is 1. The molecule has 0 amide bonds. The number of nitrogen functional groups attached to an aromatic ring is 1. The Kier molecular flexibility index (Phi) is 3.07. The third-order valence-corrected chi connectivity index (χ3v) is 4.00. The van der Waals surface area contributed by atoms with Gasteiger partial charge in [0.25, 0.3) is 0 Å². The molecule has 2 rings (SSSR count). The van der Waals surface area contributed by atoms with E-state index in [0.29, 0.717) is 5.13 Å². The van der Waals surface area contributed by atoms with E-state index >= 15 is 0 Å². The molecule has 0 fully saturated rings. The highest BCUT2D eigenvalue weighted by Gasteiger charge is 2.05. The highest BCUT2D eigenvalue weighted by atomic mass is 79.9. The number of rotatable bonds is 2. The van der Waals surface area contributed by atoms with Crippen LogP contribution in [0.15, 0.2) is 28.9 Å². The van der Waals surface area contributed by atoms with Gasteiger partial charge in [0.1, 0.15) is 0 Å². The van der Waals surface area contributed by atoms with E-state index in [1.807, 2.05) is 6.20 Å². The minimum absolute atomic E-state index is 0.637. The van der Waals surface area contributed by atoms with Gasteiger partial charge in [-0.05, 0) is 24.1 Å². The van der Waals surface area contributed by atoms with Gasteiger partial charge >= 0.3 is 0 Å². The maximum atomic E-state index is 5.60. The lowest BCUT2D eigenvalue weighted by molar-refractivity contribution is 1.17. The lowest BCUT2D eigenvalue weighted by atomic mass is 10.1. The van der Waals surface area contributed by atoms with Crippen LogP contribution in [-0.4, -0.2) is 4.98 Å². The van der Waals surface area contributed by atoms with Gasteiger partial charge in [0, 0.05) is 22.0 Å². The number of anilines is 1. The molecule has 2 aromatic rings. The van der Waals surface area contributed by atoms with E-state index in [2.05, 4.69) is 46.0 Å². The zero-order valence-electron chi connectivity index (χ0n) is 8.33. The Morgan fingerprint density at radius 2 is 2.27 bits per heavy atom. The quantitative estimate of drug-likeness (QED) is 0.917. The van der Waals surface area contributed by atoms with E-state index in [-0.39, 0.29) is 0 Å². The molecule has 15 heavy (non-hydrogen) atoms. The average molecular weight is 283 g/mol. The van der Waals surface area contributed by atoms with Crippen LogP contribution in [0.3, 0.4) is 0 Å². The monoisotopic (exact) mass is 282 g/mol. The first-order valence-corrected chi connectivity index (χ1v) is 6.22. The Morgan fingerprint density at radius 3 is 2.93 bits per heavy atom. The zero-order valence-corrected chi connectivity index (χ0v) is 10.7. The fourth-order valence-electron chi connectivity index (χ4n) is 1.44. The largest absolute Gasteiger partial charge is 0.375 e. The highest BCUT2D eigenvalue weighted by Crippen LogP contribution is 2.24. The molecule has 78 valence electrons. The first kappa shape index (κ1) is 10.6. The molecule has 1 heterocycles. The van der Waals surface area contributed by atoms with Crippen molar-refractivity contribution in [3.05, 3.63) is 44.9 Å². The lowest BCUT2D eigenvalue weighted by Gasteiger charge is -2.05. The van der Waals surface area contributed by atoms with E-state index in [9.17, 15) is 0 Å². The van der Waals surface area contributed by atoms with Gasteiger partial charge in [0.2, 0.25) is 0 Å². The molecule has 0 radical (unpaired) electrons. The van der Waals surface area contributed by atoms with Gasteiger partial charge in [-0.3, -0.25) is 0 Å². The van der Waals surface area contributed by atoms with Gasteiger partial charge < -0.3 is 5.73 Å². The Morgan fingerprint density at radius 1 is 1.47 bits per heavy atom. The molecule has 4 heteroatoms. The molecule has 0 bridgehead atoms. The summed E-state index contributed by atoms with van der Waals surface area (Å²) in [4.78, 5) is 5.25. The lowest BCUT2D eigenvalue weighted by Crippen LogP contribution is -1.90. The highest BCUT2D eigenvalue weighted by molar-refractivity contribution is 9.10. The number of thiazole rings is 1. The maximum absolute atomic E-state index is 5.60. The molecule has 1 aromatic heterocycles. The SMILES string of the molecule is Cc1c(Br)cccc1Cc1cnc(N)s1. The van der Waals surface area contributed by atoms with Gasteiger partial charge in [-0.15, -0.1) is 11.3 Å². The molecule has 0 aliphatic carbocycles. The second kappa shape index (κ2) is 4.33. The predicted octanol–water partition coefficient (Wildman–Crippen LogP) is 3.39. The van der Waals surface area contributed by atoms with Crippen molar-refractivity contribution < 1.29 is 0 Å². The van der Waals surface area contributed by atoms with E-state index in [1.165, 1.54) is 16.0 Å². The van der Waals surface area contributed by atoms with Crippen molar-refractivity contribution in [1.82, 2.24) is 4.98 Å². The molecule has 0 aliphatic rings. The van der Waals surface area contributed by atoms with Crippen molar-refractivity contribution in [2.24, 2.45) is 0 Å². The standard InChI is InChI=1S/C11H11BrN2S/c1-7-8(3-2-4-10(7)12)5-9-6-14-11(13)15-9/h2-4,6H,5H2,1H3,(H2,13,14). The summed E-state index contributed by atoms with van der Waals surface area (Å²) in [6, 6.07) is 6.24. The van der Waals surface area contributed by atoms with Crippen LogP contribution >= 0.6 is 27.3 Å². The summed E-state index contributed by atoms with van der Waals surface area (Å²) in [7, 11) is 0. The van der Waals surface area contributed by atoms with Crippen molar-refractivity contribution >= 4 is 32.4 Å². The third-order valence-electron chi connectivity index (χ3n) is 2.32. The Hall–Kier alpha value is -0.870. The molecule has 0 spiro atoms.